The van der Waals surface area contributed by atoms with E-state index in [1.165, 1.54) is 6.20 Å². The number of rotatable bonds is 6. The minimum atomic E-state index is -2.90. The Morgan fingerprint density at radius 1 is 0.875 bits per heavy atom. The highest BCUT2D eigenvalue weighted by molar-refractivity contribution is 6.64. The van der Waals surface area contributed by atoms with Crippen LogP contribution < -0.4 is 5.46 Å². The van der Waals surface area contributed by atoms with Crippen LogP contribution in [0.1, 0.15) is 17.3 Å². The van der Waals surface area contributed by atoms with E-state index in [0.717, 1.165) is 0 Å². The third kappa shape index (κ3) is 4.14. The summed E-state index contributed by atoms with van der Waals surface area (Å²) in [6.07, 6.45) is 1.52. The molecular formula is C25H19BF2N2O2. The van der Waals surface area contributed by atoms with E-state index in [4.69, 9.17) is 4.74 Å². The van der Waals surface area contributed by atoms with E-state index in [-0.39, 0.29) is 34.6 Å². The number of esters is 1. The molecule has 0 bridgehead atoms. The van der Waals surface area contributed by atoms with Crippen LogP contribution in [0.25, 0.3) is 33.8 Å². The molecule has 0 fully saturated rings. The van der Waals surface area contributed by atoms with Gasteiger partial charge in [-0.1, -0.05) is 66.7 Å². The average Bonchev–Trinajstić information content (AvgIpc) is 2.84. The highest BCUT2D eigenvalue weighted by Crippen LogP contribution is 2.34. The summed E-state index contributed by atoms with van der Waals surface area (Å²) in [6.45, 7) is 1.78. The van der Waals surface area contributed by atoms with Gasteiger partial charge in [-0.25, -0.2) is 9.78 Å². The summed E-state index contributed by atoms with van der Waals surface area (Å²) >= 11 is 0. The smallest absolute Gasteiger partial charge is 0.462 e. The van der Waals surface area contributed by atoms with E-state index in [1.54, 1.807) is 79.7 Å². The highest BCUT2D eigenvalue weighted by atomic mass is 19.2. The summed E-state index contributed by atoms with van der Waals surface area (Å²) < 4.78 is 34.5. The van der Waals surface area contributed by atoms with Crippen molar-refractivity contribution in [2.75, 3.05) is 6.61 Å². The second kappa shape index (κ2) is 9.51. The van der Waals surface area contributed by atoms with Crippen molar-refractivity contribution in [3.05, 3.63) is 90.6 Å². The van der Waals surface area contributed by atoms with E-state index in [1.807, 2.05) is 6.07 Å². The average molecular weight is 428 g/mol. The Kier molecular flexibility index (Phi) is 6.35. The molecule has 4 aromatic rings. The fourth-order valence-electron chi connectivity index (χ4n) is 3.62. The Labute approximate surface area is 185 Å². The lowest BCUT2D eigenvalue weighted by atomic mass is 9.75. The van der Waals surface area contributed by atoms with Gasteiger partial charge in [0.05, 0.1) is 29.3 Å². The number of pyridine rings is 2. The zero-order valence-electron chi connectivity index (χ0n) is 17.3. The maximum Gasteiger partial charge on any atom is 0.574 e. The van der Waals surface area contributed by atoms with E-state index in [9.17, 15) is 13.4 Å². The van der Waals surface area contributed by atoms with Crippen LogP contribution in [-0.4, -0.2) is 29.8 Å². The second-order valence-electron chi connectivity index (χ2n) is 6.94. The number of hydrogen-bond donors (Lipinski definition) is 0. The Hall–Kier alpha value is -3.87. The highest BCUT2D eigenvalue weighted by Gasteiger charge is 2.34. The van der Waals surface area contributed by atoms with Crippen LogP contribution in [0, 0.1) is 0 Å². The van der Waals surface area contributed by atoms with Gasteiger partial charge in [-0.05, 0) is 24.6 Å². The summed E-state index contributed by atoms with van der Waals surface area (Å²) in [4.78, 5) is 22.0. The number of halogens is 2. The molecule has 2 aromatic heterocycles. The van der Waals surface area contributed by atoms with Crippen LogP contribution >= 0.6 is 0 Å². The van der Waals surface area contributed by atoms with E-state index < -0.39 is 13.2 Å². The van der Waals surface area contributed by atoms with Gasteiger partial charge in [0.1, 0.15) is 0 Å². The fourth-order valence-corrected chi connectivity index (χ4v) is 3.62. The Bertz CT molecular complexity index is 1220. The topological polar surface area (TPSA) is 52.1 Å². The number of ether oxygens (including phenoxy) is 1. The quantitative estimate of drug-likeness (QED) is 0.310. The van der Waals surface area contributed by atoms with Crippen molar-refractivity contribution in [2.24, 2.45) is 0 Å². The summed E-state index contributed by atoms with van der Waals surface area (Å²) in [5.41, 5.74) is 1.46. The molecule has 32 heavy (non-hydrogen) atoms. The maximum atomic E-state index is 14.6. The normalized spacial score (nSPS) is 10.6. The van der Waals surface area contributed by atoms with Crippen LogP contribution in [0.5, 0.6) is 0 Å². The lowest BCUT2D eigenvalue weighted by Crippen LogP contribution is -2.30. The van der Waals surface area contributed by atoms with Gasteiger partial charge in [0.25, 0.3) is 0 Å². The molecule has 4 nitrogen and oxygen atoms in total. The van der Waals surface area contributed by atoms with Gasteiger partial charge in [0.15, 0.2) is 0 Å². The zero-order valence-corrected chi connectivity index (χ0v) is 17.3. The third-order valence-corrected chi connectivity index (χ3v) is 4.95. The molecule has 0 aliphatic carbocycles. The molecule has 0 radical (unpaired) electrons. The lowest BCUT2D eigenvalue weighted by molar-refractivity contribution is 0.0528. The molecule has 0 spiro atoms. The number of hydrogen-bond acceptors (Lipinski definition) is 4. The monoisotopic (exact) mass is 428 g/mol. The Balaban J connectivity index is 2.18. The number of nitrogens with zero attached hydrogens (tertiary/aromatic N) is 2. The van der Waals surface area contributed by atoms with Crippen LogP contribution in [0.3, 0.4) is 0 Å². The van der Waals surface area contributed by atoms with Gasteiger partial charge in [-0.3, -0.25) is 13.6 Å². The Morgan fingerprint density at radius 3 is 2.06 bits per heavy atom. The molecule has 158 valence electrons. The van der Waals surface area contributed by atoms with Crippen molar-refractivity contribution in [3.8, 4) is 33.8 Å². The van der Waals surface area contributed by atoms with E-state index in [0.29, 0.717) is 16.8 Å². The lowest BCUT2D eigenvalue weighted by Gasteiger charge is -2.20. The molecule has 0 saturated heterocycles. The van der Waals surface area contributed by atoms with E-state index >= 15 is 0 Å². The number of aromatic nitrogens is 2. The van der Waals surface area contributed by atoms with Crippen LogP contribution in [0.15, 0.2) is 85.1 Å². The molecule has 0 unspecified atom stereocenters. The Morgan fingerprint density at radius 2 is 1.50 bits per heavy atom. The van der Waals surface area contributed by atoms with Gasteiger partial charge >= 0.3 is 13.2 Å². The van der Waals surface area contributed by atoms with Crippen LogP contribution in [-0.2, 0) is 4.74 Å². The SMILES string of the molecule is CCOC(=O)c1c(-c2ccccc2)nc(-c2ccccn2)c(B(F)F)c1-c1ccccc1. The first-order valence-electron chi connectivity index (χ1n) is 10.2. The maximum absolute atomic E-state index is 14.6. The first-order chi connectivity index (χ1) is 15.6. The predicted molar refractivity (Wildman–Crippen MR) is 122 cm³/mol. The molecule has 7 heteroatoms. The molecule has 0 aliphatic heterocycles. The van der Waals surface area contributed by atoms with Crippen molar-refractivity contribution in [3.63, 3.8) is 0 Å². The molecule has 0 atom stereocenters. The van der Waals surface area contributed by atoms with Gasteiger partial charge in [-0.2, -0.15) is 0 Å². The molecule has 0 N–H and O–H groups in total. The van der Waals surface area contributed by atoms with Crippen molar-refractivity contribution < 1.29 is 18.2 Å². The fraction of sp³-hybridized carbons (Fsp3) is 0.0800. The number of carbonyl (C=O) groups is 1. The summed E-state index contributed by atoms with van der Waals surface area (Å²) in [7, 11) is -2.90. The summed E-state index contributed by atoms with van der Waals surface area (Å²) in [6, 6.07) is 22.7. The van der Waals surface area contributed by atoms with Crippen molar-refractivity contribution in [2.45, 2.75) is 6.92 Å². The van der Waals surface area contributed by atoms with Gasteiger partial charge in [0, 0.05) is 22.8 Å². The van der Waals surface area contributed by atoms with Gasteiger partial charge in [-0.15, -0.1) is 0 Å². The molecular weight excluding hydrogens is 409 g/mol. The summed E-state index contributed by atoms with van der Waals surface area (Å²) in [5.74, 6) is -0.702. The van der Waals surface area contributed by atoms with Crippen molar-refractivity contribution >= 4 is 18.7 Å². The van der Waals surface area contributed by atoms with Crippen LogP contribution in [0.4, 0.5) is 8.63 Å². The minimum Gasteiger partial charge on any atom is -0.462 e. The number of benzene rings is 2. The molecule has 0 amide bonds. The first-order valence-corrected chi connectivity index (χ1v) is 10.2. The van der Waals surface area contributed by atoms with Crippen molar-refractivity contribution in [1.82, 2.24) is 9.97 Å². The molecule has 4 rings (SSSR count). The molecule has 2 heterocycles. The minimum absolute atomic E-state index is 0.0132. The third-order valence-electron chi connectivity index (χ3n) is 4.95. The van der Waals surface area contributed by atoms with Crippen molar-refractivity contribution in [1.29, 1.82) is 0 Å². The van der Waals surface area contributed by atoms with E-state index in [2.05, 4.69) is 9.97 Å². The zero-order chi connectivity index (χ0) is 22.5. The largest absolute Gasteiger partial charge is 0.574 e. The first kappa shape index (κ1) is 21.4. The molecule has 0 saturated carbocycles. The molecule has 2 aromatic carbocycles. The molecule has 0 aliphatic rings. The number of carbonyl (C=O) groups excluding carboxylic acids is 1. The van der Waals surface area contributed by atoms with Gasteiger partial charge in [0.2, 0.25) is 0 Å². The predicted octanol–water partition coefficient (Wildman–Crippen LogP) is 5.29. The van der Waals surface area contributed by atoms with Crippen LogP contribution in [0.2, 0.25) is 0 Å². The van der Waals surface area contributed by atoms with Gasteiger partial charge < -0.3 is 4.74 Å². The standard InChI is InChI=1S/C25H19BF2N2O2/c1-2-32-25(31)21-20(17-11-5-3-6-12-17)22(26(27)28)24(19-15-9-10-16-29-19)30-23(21)18-13-7-4-8-14-18/h3-16H,2H2,1H3. The summed E-state index contributed by atoms with van der Waals surface area (Å²) in [5, 5.41) is 0. The second-order valence-corrected chi connectivity index (χ2v) is 6.94.